The van der Waals surface area contributed by atoms with Crippen LogP contribution in [-0.2, 0) is 14.8 Å². The Labute approximate surface area is 121 Å². The van der Waals surface area contributed by atoms with Gasteiger partial charge in [-0.15, -0.1) is 0 Å². The van der Waals surface area contributed by atoms with E-state index in [2.05, 4.69) is 15.4 Å². The molecule has 1 aromatic rings. The Bertz CT molecular complexity index is 644. The summed E-state index contributed by atoms with van der Waals surface area (Å²) in [5.74, 6) is -0.493. The van der Waals surface area contributed by atoms with E-state index >= 15 is 0 Å². The first kappa shape index (κ1) is 16.9. The van der Waals surface area contributed by atoms with E-state index in [-0.39, 0.29) is 16.3 Å². The van der Waals surface area contributed by atoms with E-state index in [1.807, 2.05) is 0 Å². The first-order valence-corrected chi connectivity index (χ1v) is 7.52. The predicted molar refractivity (Wildman–Crippen MR) is 76.5 cm³/mol. The molecular formula is C11H16N4O5S. The lowest BCUT2D eigenvalue weighted by atomic mass is 10.2. The summed E-state index contributed by atoms with van der Waals surface area (Å²) in [5, 5.41) is 15.9. The smallest absolute Gasteiger partial charge is 0.292 e. The molecule has 0 bridgehead atoms. The van der Waals surface area contributed by atoms with Gasteiger partial charge in [0, 0.05) is 19.7 Å². The second-order valence-electron chi connectivity index (χ2n) is 3.96. The van der Waals surface area contributed by atoms with E-state index in [4.69, 9.17) is 0 Å². The molecule has 9 nitrogen and oxygen atoms in total. The van der Waals surface area contributed by atoms with Gasteiger partial charge in [0.15, 0.2) is 0 Å². The molecule has 0 unspecified atom stereocenters. The van der Waals surface area contributed by atoms with Gasteiger partial charge in [-0.2, -0.15) is 0 Å². The summed E-state index contributed by atoms with van der Waals surface area (Å²) < 4.78 is 26.1. The van der Waals surface area contributed by atoms with Crippen molar-refractivity contribution in [2.45, 2.75) is 11.8 Å². The van der Waals surface area contributed by atoms with Gasteiger partial charge in [0.1, 0.15) is 5.69 Å². The lowest BCUT2D eigenvalue weighted by molar-refractivity contribution is -0.384. The molecule has 10 heteroatoms. The summed E-state index contributed by atoms with van der Waals surface area (Å²) in [6.45, 7) is 1.72. The van der Waals surface area contributed by atoms with Crippen LogP contribution in [0.1, 0.15) is 6.92 Å². The Morgan fingerprint density at radius 3 is 2.57 bits per heavy atom. The number of nitro benzene ring substituents is 1. The second-order valence-corrected chi connectivity index (χ2v) is 5.73. The first-order valence-electron chi connectivity index (χ1n) is 6.04. The molecule has 0 aliphatic heterocycles. The van der Waals surface area contributed by atoms with Crippen LogP contribution in [0.4, 0.5) is 11.4 Å². The zero-order valence-electron chi connectivity index (χ0n) is 11.5. The Morgan fingerprint density at radius 2 is 2.05 bits per heavy atom. The third-order valence-corrected chi connectivity index (χ3v) is 3.94. The lowest BCUT2D eigenvalue weighted by Crippen LogP contribution is -2.35. The zero-order valence-corrected chi connectivity index (χ0v) is 12.4. The van der Waals surface area contributed by atoms with Crippen LogP contribution >= 0.6 is 0 Å². The molecule has 1 rings (SSSR count). The number of anilines is 1. The van der Waals surface area contributed by atoms with E-state index < -0.39 is 27.4 Å². The highest BCUT2D eigenvalue weighted by molar-refractivity contribution is 7.89. The number of likely N-dealkylation sites (N-methyl/N-ethyl adjacent to an activating group) is 1. The zero-order chi connectivity index (χ0) is 16.0. The van der Waals surface area contributed by atoms with Gasteiger partial charge in [-0.1, -0.05) is 0 Å². The number of sulfonamides is 1. The van der Waals surface area contributed by atoms with Gasteiger partial charge in [0.05, 0.1) is 16.4 Å². The fourth-order valence-corrected chi connectivity index (χ4v) is 2.51. The quantitative estimate of drug-likeness (QED) is 0.481. The number of hydrogen-bond donors (Lipinski definition) is 3. The van der Waals surface area contributed by atoms with Crippen LogP contribution in [-0.4, -0.2) is 39.4 Å². The maximum Gasteiger partial charge on any atom is 0.292 e. The van der Waals surface area contributed by atoms with Crippen molar-refractivity contribution in [1.29, 1.82) is 0 Å². The minimum absolute atomic E-state index is 0.102. The van der Waals surface area contributed by atoms with Crippen molar-refractivity contribution in [3.63, 3.8) is 0 Å². The fourth-order valence-electron chi connectivity index (χ4n) is 1.51. The van der Waals surface area contributed by atoms with Crippen LogP contribution in [0.25, 0.3) is 0 Å². The third kappa shape index (κ3) is 4.39. The van der Waals surface area contributed by atoms with Crippen LogP contribution in [0.3, 0.4) is 0 Å². The van der Waals surface area contributed by atoms with Gasteiger partial charge >= 0.3 is 0 Å². The van der Waals surface area contributed by atoms with Crippen molar-refractivity contribution >= 4 is 27.3 Å². The van der Waals surface area contributed by atoms with Crippen LogP contribution in [0.5, 0.6) is 0 Å². The largest absolute Gasteiger partial charge is 0.380 e. The van der Waals surface area contributed by atoms with Crippen LogP contribution in [0.2, 0.25) is 0 Å². The van der Waals surface area contributed by atoms with Crippen molar-refractivity contribution in [1.82, 2.24) is 10.0 Å². The number of nitro groups is 1. The molecular weight excluding hydrogens is 300 g/mol. The number of carbonyl (C=O) groups excluding carboxylic acids is 1. The molecule has 0 spiro atoms. The minimum Gasteiger partial charge on any atom is -0.380 e. The normalized spacial score (nSPS) is 11.0. The standard InChI is InChI=1S/C11H16N4O5S/c1-3-13-9-6-8(4-5-10(9)15(17)18)21(19,20)14-7-11(16)12-2/h4-6,13-14H,3,7H2,1-2H3,(H,12,16). The number of rotatable bonds is 7. The van der Waals surface area contributed by atoms with Crippen molar-refractivity contribution in [3.05, 3.63) is 28.3 Å². The molecule has 116 valence electrons. The predicted octanol–water partition coefficient (Wildman–Crippen LogP) is 0.0509. The molecule has 0 heterocycles. The number of nitrogens with one attached hydrogen (secondary N) is 3. The second kappa shape index (κ2) is 6.99. The summed E-state index contributed by atoms with van der Waals surface area (Å²) in [5.41, 5.74) is -0.118. The molecule has 1 amide bonds. The van der Waals surface area contributed by atoms with Crippen molar-refractivity contribution in [2.24, 2.45) is 0 Å². The Hall–Kier alpha value is -2.20. The molecule has 0 aliphatic carbocycles. The summed E-state index contributed by atoms with van der Waals surface area (Å²) in [7, 11) is -2.54. The van der Waals surface area contributed by atoms with Crippen molar-refractivity contribution in [3.8, 4) is 0 Å². The monoisotopic (exact) mass is 316 g/mol. The maximum atomic E-state index is 12.0. The van der Waals surface area contributed by atoms with Gasteiger partial charge in [-0.3, -0.25) is 14.9 Å². The molecule has 0 saturated heterocycles. The minimum atomic E-state index is -3.92. The van der Waals surface area contributed by atoms with E-state index in [9.17, 15) is 23.3 Å². The van der Waals surface area contributed by atoms with E-state index in [1.165, 1.54) is 7.05 Å². The average Bonchev–Trinajstić information content (AvgIpc) is 2.44. The van der Waals surface area contributed by atoms with Gasteiger partial charge in [0.2, 0.25) is 15.9 Å². The van der Waals surface area contributed by atoms with E-state index in [0.29, 0.717) is 6.54 Å². The third-order valence-electron chi connectivity index (χ3n) is 2.54. The topological polar surface area (TPSA) is 130 Å². The summed E-state index contributed by atoms with van der Waals surface area (Å²) in [6.07, 6.45) is 0. The molecule has 0 atom stereocenters. The molecule has 1 aromatic carbocycles. The van der Waals surface area contributed by atoms with Crippen molar-refractivity contribution < 1.29 is 18.1 Å². The average molecular weight is 316 g/mol. The lowest BCUT2D eigenvalue weighted by Gasteiger charge is -2.09. The number of hydrogen-bond acceptors (Lipinski definition) is 6. The molecule has 0 aliphatic rings. The van der Waals surface area contributed by atoms with Crippen LogP contribution in [0.15, 0.2) is 23.1 Å². The van der Waals surface area contributed by atoms with Gasteiger partial charge in [-0.05, 0) is 19.1 Å². The van der Waals surface area contributed by atoms with Crippen LogP contribution < -0.4 is 15.4 Å². The van der Waals surface area contributed by atoms with Gasteiger partial charge in [0.25, 0.3) is 5.69 Å². The SMILES string of the molecule is CCNc1cc(S(=O)(=O)NCC(=O)NC)ccc1[N+](=O)[O-]. The summed E-state index contributed by atoms with van der Waals surface area (Å²) >= 11 is 0. The molecule has 0 fully saturated rings. The summed E-state index contributed by atoms with van der Waals surface area (Å²) in [6, 6.07) is 3.38. The van der Waals surface area contributed by atoms with Crippen LogP contribution in [0, 0.1) is 10.1 Å². The van der Waals surface area contributed by atoms with Gasteiger partial charge < -0.3 is 10.6 Å². The molecule has 0 aromatic heterocycles. The Balaban J connectivity index is 3.10. The molecule has 0 saturated carbocycles. The highest BCUT2D eigenvalue weighted by Gasteiger charge is 2.20. The molecule has 3 N–H and O–H groups in total. The number of amides is 1. The molecule has 21 heavy (non-hydrogen) atoms. The first-order chi connectivity index (χ1) is 9.81. The highest BCUT2D eigenvalue weighted by atomic mass is 32.2. The Kier molecular flexibility index (Phi) is 5.61. The molecule has 0 radical (unpaired) electrons. The highest BCUT2D eigenvalue weighted by Crippen LogP contribution is 2.27. The summed E-state index contributed by atoms with van der Waals surface area (Å²) in [4.78, 5) is 21.2. The van der Waals surface area contributed by atoms with E-state index in [0.717, 1.165) is 18.2 Å². The van der Waals surface area contributed by atoms with Gasteiger partial charge in [-0.25, -0.2) is 13.1 Å². The Morgan fingerprint density at radius 1 is 1.38 bits per heavy atom. The maximum absolute atomic E-state index is 12.0. The fraction of sp³-hybridized carbons (Fsp3) is 0.364. The number of benzene rings is 1. The number of carbonyl (C=O) groups is 1. The number of nitrogens with zero attached hydrogens (tertiary/aromatic N) is 1. The van der Waals surface area contributed by atoms with E-state index in [1.54, 1.807) is 6.92 Å². The van der Waals surface area contributed by atoms with Crippen molar-refractivity contribution in [2.75, 3.05) is 25.5 Å².